The SMILES string of the molecule is CC(C)(O)CNCC(O)c1ccc(F)cc1F. The maximum atomic E-state index is 13.3. The zero-order valence-electron chi connectivity index (χ0n) is 9.87. The first-order chi connectivity index (χ1) is 7.79. The number of aliphatic hydroxyl groups is 2. The standard InChI is InChI=1S/C12H17F2NO2/c1-12(2,17)7-15-6-11(16)9-4-3-8(13)5-10(9)14/h3-5,11,15-17H,6-7H2,1-2H3. The molecule has 1 aromatic rings. The molecule has 0 saturated carbocycles. The van der Waals surface area contributed by atoms with Crippen LogP contribution in [0.1, 0.15) is 25.5 Å². The average Bonchev–Trinajstić information content (AvgIpc) is 2.15. The number of aliphatic hydroxyl groups excluding tert-OH is 1. The van der Waals surface area contributed by atoms with Crippen LogP contribution in [0.3, 0.4) is 0 Å². The molecule has 0 aliphatic carbocycles. The summed E-state index contributed by atoms with van der Waals surface area (Å²) >= 11 is 0. The summed E-state index contributed by atoms with van der Waals surface area (Å²) in [4.78, 5) is 0. The van der Waals surface area contributed by atoms with Gasteiger partial charge in [0.15, 0.2) is 0 Å². The smallest absolute Gasteiger partial charge is 0.131 e. The molecule has 1 aromatic carbocycles. The Kier molecular flexibility index (Phi) is 4.56. The van der Waals surface area contributed by atoms with Gasteiger partial charge >= 0.3 is 0 Å². The molecule has 3 nitrogen and oxygen atoms in total. The van der Waals surface area contributed by atoms with Crippen molar-refractivity contribution in [2.24, 2.45) is 0 Å². The quantitative estimate of drug-likeness (QED) is 0.734. The van der Waals surface area contributed by atoms with Gasteiger partial charge in [-0.25, -0.2) is 8.78 Å². The predicted octanol–water partition coefficient (Wildman–Crippen LogP) is 1.36. The normalized spacial score (nSPS) is 13.8. The summed E-state index contributed by atoms with van der Waals surface area (Å²) in [5, 5.41) is 21.9. The topological polar surface area (TPSA) is 52.5 Å². The van der Waals surface area contributed by atoms with E-state index < -0.39 is 23.3 Å². The van der Waals surface area contributed by atoms with Crippen LogP contribution in [0.4, 0.5) is 8.78 Å². The maximum Gasteiger partial charge on any atom is 0.131 e. The van der Waals surface area contributed by atoms with Crippen molar-refractivity contribution in [3.05, 3.63) is 35.4 Å². The Morgan fingerprint density at radius 3 is 2.53 bits per heavy atom. The van der Waals surface area contributed by atoms with Crippen molar-refractivity contribution in [1.82, 2.24) is 5.32 Å². The molecule has 1 atom stereocenters. The van der Waals surface area contributed by atoms with Crippen LogP contribution in [-0.2, 0) is 0 Å². The van der Waals surface area contributed by atoms with Crippen LogP contribution < -0.4 is 5.32 Å². The van der Waals surface area contributed by atoms with E-state index in [2.05, 4.69) is 5.32 Å². The summed E-state index contributed by atoms with van der Waals surface area (Å²) in [6.07, 6.45) is -1.07. The molecule has 0 spiro atoms. The van der Waals surface area contributed by atoms with Crippen molar-refractivity contribution in [1.29, 1.82) is 0 Å². The molecule has 0 radical (unpaired) electrons. The number of benzene rings is 1. The van der Waals surface area contributed by atoms with Crippen molar-refractivity contribution in [3.8, 4) is 0 Å². The third-order valence-corrected chi connectivity index (χ3v) is 2.22. The first-order valence-electron chi connectivity index (χ1n) is 5.36. The van der Waals surface area contributed by atoms with E-state index in [1.165, 1.54) is 6.07 Å². The fourth-order valence-electron chi connectivity index (χ4n) is 1.40. The Balaban J connectivity index is 2.55. The molecule has 1 unspecified atom stereocenters. The Labute approximate surface area is 99.1 Å². The Hall–Kier alpha value is -1.04. The molecule has 0 aromatic heterocycles. The zero-order chi connectivity index (χ0) is 13.1. The van der Waals surface area contributed by atoms with E-state index in [0.717, 1.165) is 12.1 Å². The Bertz CT molecular complexity index is 377. The number of rotatable bonds is 5. The molecule has 1 rings (SSSR count). The van der Waals surface area contributed by atoms with Gasteiger partial charge in [-0.2, -0.15) is 0 Å². The highest BCUT2D eigenvalue weighted by Crippen LogP contribution is 2.17. The lowest BCUT2D eigenvalue weighted by molar-refractivity contribution is 0.0737. The van der Waals surface area contributed by atoms with Gasteiger partial charge in [0.25, 0.3) is 0 Å². The summed E-state index contributed by atoms with van der Waals surface area (Å²) < 4.78 is 25.9. The van der Waals surface area contributed by atoms with Crippen LogP contribution in [0.2, 0.25) is 0 Å². The number of nitrogens with one attached hydrogen (secondary N) is 1. The Morgan fingerprint density at radius 2 is 2.00 bits per heavy atom. The van der Waals surface area contributed by atoms with Crippen LogP contribution in [0.5, 0.6) is 0 Å². The third-order valence-electron chi connectivity index (χ3n) is 2.22. The minimum atomic E-state index is -1.07. The minimum absolute atomic E-state index is 0.0367. The molecule has 96 valence electrons. The van der Waals surface area contributed by atoms with Crippen molar-refractivity contribution in [3.63, 3.8) is 0 Å². The maximum absolute atomic E-state index is 13.3. The molecule has 0 fully saturated rings. The highest BCUT2D eigenvalue weighted by Gasteiger charge is 2.16. The monoisotopic (exact) mass is 245 g/mol. The average molecular weight is 245 g/mol. The van der Waals surface area contributed by atoms with Crippen molar-refractivity contribution < 1.29 is 19.0 Å². The highest BCUT2D eigenvalue weighted by atomic mass is 19.1. The lowest BCUT2D eigenvalue weighted by atomic mass is 10.1. The first-order valence-corrected chi connectivity index (χ1v) is 5.36. The van der Waals surface area contributed by atoms with Crippen molar-refractivity contribution >= 4 is 0 Å². The second-order valence-corrected chi connectivity index (χ2v) is 4.62. The van der Waals surface area contributed by atoms with Gasteiger partial charge in [0.2, 0.25) is 0 Å². The second-order valence-electron chi connectivity index (χ2n) is 4.62. The summed E-state index contributed by atoms with van der Waals surface area (Å²) in [5.41, 5.74) is -0.865. The van der Waals surface area contributed by atoms with E-state index in [1.807, 2.05) is 0 Å². The highest BCUT2D eigenvalue weighted by molar-refractivity contribution is 5.21. The molecule has 3 N–H and O–H groups in total. The lowest BCUT2D eigenvalue weighted by Gasteiger charge is -2.19. The van der Waals surface area contributed by atoms with Crippen LogP contribution in [0, 0.1) is 11.6 Å². The molecule has 0 saturated heterocycles. The van der Waals surface area contributed by atoms with Gasteiger partial charge in [-0.15, -0.1) is 0 Å². The van der Waals surface area contributed by atoms with Gasteiger partial charge in [0, 0.05) is 24.7 Å². The van der Waals surface area contributed by atoms with E-state index in [0.29, 0.717) is 0 Å². The summed E-state index contributed by atoms with van der Waals surface area (Å²) in [5.74, 6) is -1.45. The largest absolute Gasteiger partial charge is 0.389 e. The summed E-state index contributed by atoms with van der Waals surface area (Å²) in [6.45, 7) is 3.59. The fraction of sp³-hybridized carbons (Fsp3) is 0.500. The Morgan fingerprint density at radius 1 is 1.35 bits per heavy atom. The molecule has 0 aliphatic rings. The molecule has 0 aliphatic heterocycles. The van der Waals surface area contributed by atoms with Crippen LogP contribution >= 0.6 is 0 Å². The van der Waals surface area contributed by atoms with E-state index in [9.17, 15) is 19.0 Å². The summed E-state index contributed by atoms with van der Waals surface area (Å²) in [7, 11) is 0. The molecule has 0 amide bonds. The van der Waals surface area contributed by atoms with Crippen molar-refractivity contribution in [2.75, 3.05) is 13.1 Å². The van der Waals surface area contributed by atoms with Gasteiger partial charge in [-0.3, -0.25) is 0 Å². The van der Waals surface area contributed by atoms with Crippen LogP contribution in [0.15, 0.2) is 18.2 Å². The molecular weight excluding hydrogens is 228 g/mol. The molecule has 17 heavy (non-hydrogen) atoms. The third kappa shape index (κ3) is 4.77. The van der Waals surface area contributed by atoms with Gasteiger partial charge in [0.1, 0.15) is 11.6 Å². The van der Waals surface area contributed by atoms with Crippen LogP contribution in [0.25, 0.3) is 0 Å². The van der Waals surface area contributed by atoms with E-state index in [-0.39, 0.29) is 18.7 Å². The molecule has 0 heterocycles. The fourth-order valence-corrected chi connectivity index (χ4v) is 1.40. The number of halogens is 2. The zero-order valence-corrected chi connectivity index (χ0v) is 9.87. The van der Waals surface area contributed by atoms with Crippen molar-refractivity contribution in [2.45, 2.75) is 25.6 Å². The van der Waals surface area contributed by atoms with Gasteiger partial charge in [-0.05, 0) is 19.9 Å². The lowest BCUT2D eigenvalue weighted by Crippen LogP contribution is -2.36. The molecular formula is C12H17F2NO2. The molecule has 5 heteroatoms. The van der Waals surface area contributed by atoms with E-state index in [4.69, 9.17) is 0 Å². The van der Waals surface area contributed by atoms with E-state index in [1.54, 1.807) is 13.8 Å². The van der Waals surface area contributed by atoms with Gasteiger partial charge in [0.05, 0.1) is 11.7 Å². The first kappa shape index (κ1) is 14.0. The predicted molar refractivity (Wildman–Crippen MR) is 60.5 cm³/mol. The van der Waals surface area contributed by atoms with Crippen LogP contribution in [-0.4, -0.2) is 28.9 Å². The number of hydrogen-bond acceptors (Lipinski definition) is 3. The van der Waals surface area contributed by atoms with E-state index >= 15 is 0 Å². The minimum Gasteiger partial charge on any atom is -0.389 e. The second kappa shape index (κ2) is 5.53. The number of hydrogen-bond donors (Lipinski definition) is 3. The molecule has 0 bridgehead atoms. The van der Waals surface area contributed by atoms with Gasteiger partial charge in [-0.1, -0.05) is 6.07 Å². The van der Waals surface area contributed by atoms with Gasteiger partial charge < -0.3 is 15.5 Å². The summed E-state index contributed by atoms with van der Waals surface area (Å²) in [6, 6.07) is 3.03.